The van der Waals surface area contributed by atoms with E-state index in [-0.39, 0.29) is 17.8 Å². The molecule has 1 atom stereocenters. The van der Waals surface area contributed by atoms with Gasteiger partial charge in [-0.05, 0) is 49.7 Å². The maximum atomic E-state index is 13.9. The van der Waals surface area contributed by atoms with Crippen LogP contribution in [0.25, 0.3) is 10.1 Å². The van der Waals surface area contributed by atoms with Crippen LogP contribution in [0.2, 0.25) is 0 Å². The highest BCUT2D eigenvalue weighted by Crippen LogP contribution is 2.28. The lowest BCUT2D eigenvalue weighted by molar-refractivity contribution is 0.0942. The van der Waals surface area contributed by atoms with Gasteiger partial charge >= 0.3 is 0 Å². The first kappa shape index (κ1) is 17.2. The molecular weight excluding hydrogens is 347 g/mol. The van der Waals surface area contributed by atoms with Gasteiger partial charge in [0.15, 0.2) is 0 Å². The van der Waals surface area contributed by atoms with Crippen LogP contribution in [0.1, 0.15) is 34.1 Å². The Kier molecular flexibility index (Phi) is 5.00. The molecule has 0 saturated carbocycles. The number of nitrogens with zero attached hydrogens (tertiary/aromatic N) is 1. The topological polar surface area (TPSA) is 32.3 Å². The highest BCUT2D eigenvalue weighted by atomic mass is 32.1. The summed E-state index contributed by atoms with van der Waals surface area (Å²) in [7, 11) is 0. The summed E-state index contributed by atoms with van der Waals surface area (Å²) in [6, 6.07) is 17.1. The van der Waals surface area contributed by atoms with Gasteiger partial charge in [-0.3, -0.25) is 9.69 Å². The highest BCUT2D eigenvalue weighted by molar-refractivity contribution is 7.20. The van der Waals surface area contributed by atoms with E-state index in [0.29, 0.717) is 16.8 Å². The molecule has 26 heavy (non-hydrogen) atoms. The molecule has 1 aromatic heterocycles. The number of likely N-dealkylation sites (tertiary alicyclic amines) is 1. The van der Waals surface area contributed by atoms with E-state index in [9.17, 15) is 9.18 Å². The summed E-state index contributed by atoms with van der Waals surface area (Å²) in [5, 5.41) is 3.58. The number of carbonyl (C=O) groups is 1. The molecule has 1 amide bonds. The number of hydrogen-bond acceptors (Lipinski definition) is 3. The molecule has 0 bridgehead atoms. The maximum Gasteiger partial charge on any atom is 0.261 e. The molecule has 0 aliphatic carbocycles. The minimum atomic E-state index is -0.281. The lowest BCUT2D eigenvalue weighted by Crippen LogP contribution is -2.36. The normalized spacial score (nSPS) is 16.0. The average Bonchev–Trinajstić information content (AvgIpc) is 3.33. The van der Waals surface area contributed by atoms with Crippen LogP contribution < -0.4 is 5.32 Å². The second-order valence-corrected chi connectivity index (χ2v) is 7.73. The fourth-order valence-corrected chi connectivity index (χ4v) is 4.59. The van der Waals surface area contributed by atoms with E-state index in [1.54, 1.807) is 12.1 Å². The second kappa shape index (κ2) is 7.56. The number of benzene rings is 2. The minimum absolute atomic E-state index is 0.134. The molecule has 5 heteroatoms. The van der Waals surface area contributed by atoms with E-state index >= 15 is 0 Å². The Labute approximate surface area is 156 Å². The van der Waals surface area contributed by atoms with Crippen molar-refractivity contribution < 1.29 is 9.18 Å². The molecule has 1 aliphatic heterocycles. The standard InChI is InChI=1S/C21H21FN2OS/c22-17-9-6-10-19-16(17)13-20(26-19)21(25)23-14-18(24-11-4-5-12-24)15-7-2-1-3-8-15/h1-3,6-10,13,18H,4-5,11-12,14H2,(H,23,25). The molecule has 3 nitrogen and oxygen atoms in total. The van der Waals surface area contributed by atoms with E-state index in [1.807, 2.05) is 24.3 Å². The summed E-state index contributed by atoms with van der Waals surface area (Å²) >= 11 is 1.33. The Morgan fingerprint density at radius 3 is 2.62 bits per heavy atom. The molecule has 2 heterocycles. The van der Waals surface area contributed by atoms with Crippen LogP contribution in [0.4, 0.5) is 4.39 Å². The SMILES string of the molecule is O=C(NCC(c1ccccc1)N1CCCC1)c1cc2c(F)cccc2s1. The molecule has 1 unspecified atom stereocenters. The first-order valence-electron chi connectivity index (χ1n) is 8.97. The van der Waals surface area contributed by atoms with Gasteiger partial charge in [-0.15, -0.1) is 11.3 Å². The Bertz CT molecular complexity index is 903. The van der Waals surface area contributed by atoms with Crippen molar-refractivity contribution in [2.75, 3.05) is 19.6 Å². The number of nitrogens with one attached hydrogen (secondary N) is 1. The number of thiophene rings is 1. The number of fused-ring (bicyclic) bond motifs is 1. The molecule has 3 aromatic rings. The zero-order valence-electron chi connectivity index (χ0n) is 14.5. The number of rotatable bonds is 5. The van der Waals surface area contributed by atoms with Crippen molar-refractivity contribution in [2.24, 2.45) is 0 Å². The fourth-order valence-electron chi connectivity index (χ4n) is 3.60. The molecule has 2 aromatic carbocycles. The van der Waals surface area contributed by atoms with E-state index < -0.39 is 0 Å². The lowest BCUT2D eigenvalue weighted by atomic mass is 10.1. The number of carbonyl (C=O) groups excluding carboxylic acids is 1. The minimum Gasteiger partial charge on any atom is -0.349 e. The lowest BCUT2D eigenvalue weighted by Gasteiger charge is -2.28. The van der Waals surface area contributed by atoms with Gasteiger partial charge in [-0.1, -0.05) is 36.4 Å². The Balaban J connectivity index is 1.51. The van der Waals surface area contributed by atoms with Crippen molar-refractivity contribution in [3.8, 4) is 0 Å². The van der Waals surface area contributed by atoms with Crippen LogP contribution in [-0.4, -0.2) is 30.4 Å². The summed E-state index contributed by atoms with van der Waals surface area (Å²) in [6.07, 6.45) is 2.40. The first-order chi connectivity index (χ1) is 12.7. The van der Waals surface area contributed by atoms with Crippen LogP contribution in [0.5, 0.6) is 0 Å². The molecule has 4 rings (SSSR count). The zero-order chi connectivity index (χ0) is 17.9. The van der Waals surface area contributed by atoms with E-state index in [0.717, 1.165) is 17.8 Å². The third-order valence-corrected chi connectivity index (χ3v) is 6.05. The highest BCUT2D eigenvalue weighted by Gasteiger charge is 2.24. The predicted octanol–water partition coefficient (Wildman–Crippen LogP) is 4.61. The summed E-state index contributed by atoms with van der Waals surface area (Å²) in [5.41, 5.74) is 1.22. The second-order valence-electron chi connectivity index (χ2n) is 6.64. The van der Waals surface area contributed by atoms with Gasteiger partial charge in [-0.2, -0.15) is 0 Å². The summed E-state index contributed by atoms with van der Waals surface area (Å²) in [6.45, 7) is 2.67. The third kappa shape index (κ3) is 3.50. The van der Waals surface area contributed by atoms with Gasteiger partial charge in [-0.25, -0.2) is 4.39 Å². The van der Waals surface area contributed by atoms with Crippen molar-refractivity contribution >= 4 is 27.3 Å². The van der Waals surface area contributed by atoms with E-state index in [2.05, 4.69) is 22.3 Å². The van der Waals surface area contributed by atoms with Gasteiger partial charge in [0.1, 0.15) is 5.82 Å². The molecule has 1 saturated heterocycles. The maximum absolute atomic E-state index is 13.9. The number of halogens is 1. The van der Waals surface area contributed by atoms with Crippen LogP contribution in [0, 0.1) is 5.82 Å². The third-order valence-electron chi connectivity index (χ3n) is 4.95. The molecule has 134 valence electrons. The van der Waals surface area contributed by atoms with Crippen molar-refractivity contribution in [1.29, 1.82) is 0 Å². The monoisotopic (exact) mass is 368 g/mol. The molecular formula is C21H21FN2OS. The predicted molar refractivity (Wildman–Crippen MR) is 104 cm³/mol. The molecule has 0 spiro atoms. The van der Waals surface area contributed by atoms with E-state index in [1.165, 1.54) is 35.8 Å². The Hall–Kier alpha value is -2.24. The number of hydrogen-bond donors (Lipinski definition) is 1. The van der Waals surface area contributed by atoms with Crippen molar-refractivity contribution in [3.05, 3.63) is 70.9 Å². The quantitative estimate of drug-likeness (QED) is 0.713. The average molecular weight is 368 g/mol. The van der Waals surface area contributed by atoms with Crippen molar-refractivity contribution in [1.82, 2.24) is 10.2 Å². The molecule has 0 radical (unpaired) electrons. The Morgan fingerprint density at radius 2 is 1.88 bits per heavy atom. The molecule has 1 N–H and O–H groups in total. The Morgan fingerprint density at radius 1 is 1.12 bits per heavy atom. The van der Waals surface area contributed by atoms with Crippen LogP contribution in [0.15, 0.2) is 54.6 Å². The van der Waals surface area contributed by atoms with Gasteiger partial charge in [0.2, 0.25) is 0 Å². The summed E-state index contributed by atoms with van der Waals surface area (Å²) < 4.78 is 14.7. The van der Waals surface area contributed by atoms with Gasteiger partial charge in [0.05, 0.1) is 10.9 Å². The van der Waals surface area contributed by atoms with Crippen molar-refractivity contribution in [2.45, 2.75) is 18.9 Å². The molecule has 1 aliphatic rings. The van der Waals surface area contributed by atoms with Crippen LogP contribution in [0.3, 0.4) is 0 Å². The molecule has 1 fully saturated rings. The van der Waals surface area contributed by atoms with Gasteiger partial charge in [0.25, 0.3) is 5.91 Å². The van der Waals surface area contributed by atoms with Crippen LogP contribution >= 0.6 is 11.3 Å². The van der Waals surface area contributed by atoms with Gasteiger partial charge < -0.3 is 5.32 Å². The largest absolute Gasteiger partial charge is 0.349 e. The fraction of sp³-hybridized carbons (Fsp3) is 0.286. The van der Waals surface area contributed by atoms with Crippen LogP contribution in [-0.2, 0) is 0 Å². The summed E-state index contributed by atoms with van der Waals surface area (Å²) in [5.74, 6) is -0.414. The zero-order valence-corrected chi connectivity index (χ0v) is 15.3. The van der Waals surface area contributed by atoms with Gasteiger partial charge in [0, 0.05) is 16.6 Å². The van der Waals surface area contributed by atoms with Crippen molar-refractivity contribution in [3.63, 3.8) is 0 Å². The summed E-state index contributed by atoms with van der Waals surface area (Å²) in [4.78, 5) is 15.6. The smallest absolute Gasteiger partial charge is 0.261 e. The first-order valence-corrected chi connectivity index (χ1v) is 9.79. The van der Waals surface area contributed by atoms with E-state index in [4.69, 9.17) is 0 Å². The number of amides is 1.